The highest BCUT2D eigenvalue weighted by Gasteiger charge is 2.18. The van der Waals surface area contributed by atoms with Crippen molar-refractivity contribution >= 4 is 21.9 Å². The number of rotatable bonds is 3. The lowest BCUT2D eigenvalue weighted by molar-refractivity contribution is 0.628. The van der Waals surface area contributed by atoms with E-state index in [2.05, 4.69) is 30.1 Å². The lowest BCUT2D eigenvalue weighted by atomic mass is 10.1. The molecule has 154 valence electrons. The maximum atomic E-state index is 14.8. The van der Waals surface area contributed by atoms with E-state index >= 15 is 0 Å². The number of fused-ring (bicyclic) bond motifs is 2. The van der Waals surface area contributed by atoms with E-state index in [0.29, 0.717) is 39.2 Å². The lowest BCUT2D eigenvalue weighted by Crippen LogP contribution is -1.87. The Hall–Kier alpha value is -4.53. The van der Waals surface area contributed by atoms with Crippen molar-refractivity contribution in [2.45, 2.75) is 0 Å². The second kappa shape index (κ2) is 7.02. The minimum Gasteiger partial charge on any atom is -0.337 e. The summed E-state index contributed by atoms with van der Waals surface area (Å²) in [7, 11) is 0. The average molecular weight is 425 g/mol. The van der Waals surface area contributed by atoms with Crippen LogP contribution in [0.25, 0.3) is 55.8 Å². The minimum atomic E-state index is -0.464. The SMILES string of the molecule is Fc1ccc(-c2nccc3[nH]c(-c4[nH]nc5c(F)cc(-c6cncnc6)cc45)nc23)cc1. The van der Waals surface area contributed by atoms with Crippen LogP contribution in [0, 0.1) is 11.6 Å². The van der Waals surface area contributed by atoms with Gasteiger partial charge in [-0.3, -0.25) is 10.1 Å². The highest BCUT2D eigenvalue weighted by Crippen LogP contribution is 2.33. The summed E-state index contributed by atoms with van der Waals surface area (Å²) in [5, 5.41) is 7.60. The molecular formula is C23H13F2N7. The van der Waals surface area contributed by atoms with Gasteiger partial charge in [-0.1, -0.05) is 0 Å². The van der Waals surface area contributed by atoms with E-state index in [1.807, 2.05) is 6.07 Å². The molecule has 4 aromatic heterocycles. The molecule has 0 amide bonds. The molecule has 0 aliphatic heterocycles. The molecule has 6 aromatic rings. The number of aromatic nitrogens is 7. The number of halogens is 2. The number of hydrogen-bond acceptors (Lipinski definition) is 5. The number of H-pyrrole nitrogens is 2. The zero-order valence-electron chi connectivity index (χ0n) is 16.3. The fourth-order valence-electron chi connectivity index (χ4n) is 3.74. The molecular weight excluding hydrogens is 412 g/mol. The van der Waals surface area contributed by atoms with Crippen LogP contribution in [0.5, 0.6) is 0 Å². The van der Waals surface area contributed by atoms with E-state index in [-0.39, 0.29) is 11.3 Å². The summed E-state index contributed by atoms with van der Waals surface area (Å²) in [5.74, 6) is -0.303. The smallest absolute Gasteiger partial charge is 0.157 e. The van der Waals surface area contributed by atoms with Crippen molar-refractivity contribution in [1.29, 1.82) is 0 Å². The van der Waals surface area contributed by atoms with Gasteiger partial charge in [-0.15, -0.1) is 0 Å². The van der Waals surface area contributed by atoms with Crippen LogP contribution in [0.2, 0.25) is 0 Å². The maximum Gasteiger partial charge on any atom is 0.157 e. The largest absolute Gasteiger partial charge is 0.337 e. The van der Waals surface area contributed by atoms with E-state index in [9.17, 15) is 8.78 Å². The second-order valence-electron chi connectivity index (χ2n) is 7.23. The number of imidazole rings is 1. The highest BCUT2D eigenvalue weighted by atomic mass is 19.1. The zero-order chi connectivity index (χ0) is 21.7. The summed E-state index contributed by atoms with van der Waals surface area (Å²) < 4.78 is 28.1. The molecule has 0 aliphatic rings. The number of nitrogens with zero attached hydrogens (tertiary/aromatic N) is 5. The third kappa shape index (κ3) is 2.90. The Kier molecular flexibility index (Phi) is 4.00. The molecule has 0 saturated carbocycles. The first-order chi connectivity index (χ1) is 15.7. The molecule has 2 N–H and O–H groups in total. The van der Waals surface area contributed by atoms with Crippen LogP contribution < -0.4 is 0 Å². The maximum absolute atomic E-state index is 14.8. The molecule has 7 nitrogen and oxygen atoms in total. The predicted octanol–water partition coefficient (Wildman–Crippen LogP) is 4.90. The van der Waals surface area contributed by atoms with Gasteiger partial charge in [0.2, 0.25) is 0 Å². The van der Waals surface area contributed by atoms with E-state index < -0.39 is 5.82 Å². The van der Waals surface area contributed by atoms with Gasteiger partial charge in [0.1, 0.15) is 28.9 Å². The Labute approximate surface area is 179 Å². The van der Waals surface area contributed by atoms with E-state index in [0.717, 1.165) is 11.1 Å². The van der Waals surface area contributed by atoms with Crippen molar-refractivity contribution in [1.82, 2.24) is 35.1 Å². The molecule has 0 spiro atoms. The number of benzene rings is 2. The monoisotopic (exact) mass is 425 g/mol. The van der Waals surface area contributed by atoms with Gasteiger partial charge < -0.3 is 4.98 Å². The van der Waals surface area contributed by atoms with Crippen molar-refractivity contribution in [3.8, 4) is 33.9 Å². The van der Waals surface area contributed by atoms with Crippen LogP contribution in [0.1, 0.15) is 0 Å². The Balaban J connectivity index is 1.53. The van der Waals surface area contributed by atoms with Gasteiger partial charge in [-0.25, -0.2) is 23.7 Å². The van der Waals surface area contributed by atoms with Gasteiger partial charge in [-0.2, -0.15) is 5.10 Å². The highest BCUT2D eigenvalue weighted by molar-refractivity contribution is 5.97. The molecule has 0 bridgehead atoms. The van der Waals surface area contributed by atoms with Gasteiger partial charge in [-0.05, 0) is 48.0 Å². The molecule has 9 heteroatoms. The molecule has 0 atom stereocenters. The Morgan fingerprint density at radius 1 is 0.812 bits per heavy atom. The van der Waals surface area contributed by atoms with Crippen LogP contribution in [0.4, 0.5) is 8.78 Å². The standard InChI is InChI=1S/C23H13F2N7/c24-15-3-1-12(2-4-15)19-22-18(5-6-28-19)29-23(30-22)21-16-7-13(14-9-26-11-27-10-14)8-17(25)20(16)31-32-21/h1-11H,(H,29,30)(H,31,32). The van der Waals surface area contributed by atoms with Crippen LogP contribution >= 0.6 is 0 Å². The van der Waals surface area contributed by atoms with Crippen LogP contribution in [-0.4, -0.2) is 35.1 Å². The van der Waals surface area contributed by atoms with Gasteiger partial charge in [0.05, 0.1) is 11.2 Å². The first-order valence-corrected chi connectivity index (χ1v) is 9.71. The number of pyridine rings is 1. The Bertz CT molecular complexity index is 1590. The molecule has 0 unspecified atom stereocenters. The summed E-state index contributed by atoms with van der Waals surface area (Å²) in [5.41, 5.74) is 4.77. The molecule has 6 rings (SSSR count). The van der Waals surface area contributed by atoms with Gasteiger partial charge in [0, 0.05) is 35.1 Å². The van der Waals surface area contributed by atoms with Crippen molar-refractivity contribution in [3.05, 3.63) is 79.0 Å². The topological polar surface area (TPSA) is 96.0 Å². The first kappa shape index (κ1) is 18.3. The fraction of sp³-hybridized carbons (Fsp3) is 0. The second-order valence-corrected chi connectivity index (χ2v) is 7.23. The van der Waals surface area contributed by atoms with E-state index in [4.69, 9.17) is 4.98 Å². The molecule has 2 aromatic carbocycles. The lowest BCUT2D eigenvalue weighted by Gasteiger charge is -2.02. The molecule has 0 fully saturated rings. The van der Waals surface area contributed by atoms with Crippen LogP contribution in [0.15, 0.2) is 67.4 Å². The normalized spacial score (nSPS) is 11.4. The predicted molar refractivity (Wildman–Crippen MR) is 115 cm³/mol. The van der Waals surface area contributed by atoms with Gasteiger partial charge in [0.15, 0.2) is 11.6 Å². The summed E-state index contributed by atoms with van der Waals surface area (Å²) in [6.07, 6.45) is 6.31. The molecule has 32 heavy (non-hydrogen) atoms. The van der Waals surface area contributed by atoms with Crippen molar-refractivity contribution in [2.75, 3.05) is 0 Å². The Morgan fingerprint density at radius 3 is 2.44 bits per heavy atom. The van der Waals surface area contributed by atoms with E-state index in [1.165, 1.54) is 24.5 Å². The van der Waals surface area contributed by atoms with Crippen molar-refractivity contribution in [3.63, 3.8) is 0 Å². The van der Waals surface area contributed by atoms with Gasteiger partial charge >= 0.3 is 0 Å². The summed E-state index contributed by atoms with van der Waals surface area (Å²) in [6, 6.07) is 11.1. The minimum absolute atomic E-state index is 0.206. The average Bonchev–Trinajstić information content (AvgIpc) is 3.44. The van der Waals surface area contributed by atoms with Crippen LogP contribution in [-0.2, 0) is 0 Å². The fourth-order valence-corrected chi connectivity index (χ4v) is 3.74. The van der Waals surface area contributed by atoms with E-state index in [1.54, 1.807) is 36.8 Å². The number of aromatic amines is 2. The number of nitrogens with one attached hydrogen (secondary N) is 2. The summed E-state index contributed by atoms with van der Waals surface area (Å²) in [4.78, 5) is 20.4. The first-order valence-electron chi connectivity index (χ1n) is 9.71. The number of hydrogen-bond donors (Lipinski definition) is 2. The van der Waals surface area contributed by atoms with Crippen molar-refractivity contribution < 1.29 is 8.78 Å². The van der Waals surface area contributed by atoms with Gasteiger partial charge in [0.25, 0.3) is 0 Å². The molecule has 0 saturated heterocycles. The van der Waals surface area contributed by atoms with Crippen LogP contribution in [0.3, 0.4) is 0 Å². The molecule has 4 heterocycles. The Morgan fingerprint density at radius 2 is 1.62 bits per heavy atom. The zero-order valence-corrected chi connectivity index (χ0v) is 16.3. The quantitative estimate of drug-likeness (QED) is 0.420. The molecule has 0 radical (unpaired) electrons. The summed E-state index contributed by atoms with van der Waals surface area (Å²) >= 11 is 0. The third-order valence-electron chi connectivity index (χ3n) is 5.26. The molecule has 0 aliphatic carbocycles. The third-order valence-corrected chi connectivity index (χ3v) is 5.26. The van der Waals surface area contributed by atoms with Crippen molar-refractivity contribution in [2.24, 2.45) is 0 Å². The summed E-state index contributed by atoms with van der Waals surface area (Å²) in [6.45, 7) is 0.